The van der Waals surface area contributed by atoms with Crippen LogP contribution in [0, 0.1) is 6.92 Å². The van der Waals surface area contributed by atoms with Gasteiger partial charge in [0.15, 0.2) is 0 Å². The zero-order valence-corrected chi connectivity index (χ0v) is 27.7. The summed E-state index contributed by atoms with van der Waals surface area (Å²) in [6, 6.07) is 3.62. The third kappa shape index (κ3) is 11.4. The number of thiophene rings is 1. The van der Waals surface area contributed by atoms with E-state index < -0.39 is 98.2 Å². The fraction of sp³-hybridized carbons (Fsp3) is 0.387. The maximum absolute atomic E-state index is 13.3. The van der Waals surface area contributed by atoms with Crippen LogP contribution in [0.4, 0.5) is 5.00 Å². The van der Waals surface area contributed by atoms with E-state index in [0.717, 1.165) is 16.9 Å². The molecule has 0 aliphatic heterocycles. The van der Waals surface area contributed by atoms with E-state index in [9.17, 15) is 48.6 Å². The second-order valence-corrected chi connectivity index (χ2v) is 12.3. The third-order valence-electron chi connectivity index (χ3n) is 7.31. The van der Waals surface area contributed by atoms with Crippen molar-refractivity contribution in [1.82, 2.24) is 25.9 Å². The van der Waals surface area contributed by atoms with Gasteiger partial charge in [-0.25, -0.2) is 9.78 Å². The molecule has 0 fully saturated rings. The Balaban J connectivity index is 1.74. The van der Waals surface area contributed by atoms with Crippen LogP contribution in [0.2, 0.25) is 0 Å². The minimum Gasteiger partial charge on any atom is -0.481 e. The SMILES string of the molecule is Cc1nc2ccc(CN(C)c3ccc(C(=O)N[C@@H](CCC(=O)O)C(=O)N[C@@H](CCC(=O)O)C(=O)N[C@@H](CCC(=O)O)C(=O)O)s3)cc2c(=O)[nH]1. The smallest absolute Gasteiger partial charge is 0.326 e. The molecule has 0 aliphatic rings. The third-order valence-corrected chi connectivity index (χ3v) is 8.51. The normalized spacial score (nSPS) is 12.7. The number of nitrogens with one attached hydrogen (secondary N) is 4. The molecule has 2 heterocycles. The molecule has 0 saturated carbocycles. The summed E-state index contributed by atoms with van der Waals surface area (Å²) in [5.74, 6) is -7.92. The topological polar surface area (TPSA) is 285 Å². The number of benzene rings is 1. The van der Waals surface area contributed by atoms with E-state index in [2.05, 4.69) is 25.9 Å². The summed E-state index contributed by atoms with van der Waals surface area (Å²) in [5, 5.41) is 44.5. The summed E-state index contributed by atoms with van der Waals surface area (Å²) in [7, 11) is 1.76. The Morgan fingerprint density at radius 2 is 1.34 bits per heavy atom. The Bertz CT molecular complexity index is 1840. The van der Waals surface area contributed by atoms with Crippen molar-refractivity contribution in [2.75, 3.05) is 11.9 Å². The van der Waals surface area contributed by atoms with Crippen molar-refractivity contribution in [3.63, 3.8) is 0 Å². The Labute approximate surface area is 287 Å². The number of carboxylic acid groups (broad SMARTS) is 4. The van der Waals surface area contributed by atoms with Crippen LogP contribution in [0.5, 0.6) is 0 Å². The molecule has 2 aromatic heterocycles. The first kappa shape index (κ1) is 38.6. The molecule has 1 aromatic carbocycles. The highest BCUT2D eigenvalue weighted by Crippen LogP contribution is 2.27. The van der Waals surface area contributed by atoms with Gasteiger partial charge in [0, 0.05) is 32.9 Å². The first-order valence-electron chi connectivity index (χ1n) is 15.1. The van der Waals surface area contributed by atoms with Crippen molar-refractivity contribution in [1.29, 1.82) is 0 Å². The number of nitrogens with zero attached hydrogens (tertiary/aromatic N) is 2. The van der Waals surface area contributed by atoms with E-state index in [-0.39, 0.29) is 10.4 Å². The van der Waals surface area contributed by atoms with Crippen molar-refractivity contribution >= 4 is 68.8 Å². The van der Waals surface area contributed by atoms with Gasteiger partial charge in [-0.15, -0.1) is 11.3 Å². The number of carbonyl (C=O) groups excluding carboxylic acids is 3. The maximum atomic E-state index is 13.3. The summed E-state index contributed by atoms with van der Waals surface area (Å²) >= 11 is 1.06. The molecule has 18 nitrogen and oxygen atoms in total. The Hall–Kier alpha value is -5.85. The number of fused-ring (bicyclic) bond motifs is 1. The first-order chi connectivity index (χ1) is 23.5. The molecular weight excluding hydrogens is 680 g/mol. The van der Waals surface area contributed by atoms with E-state index in [0.29, 0.717) is 28.3 Å². The predicted molar refractivity (Wildman–Crippen MR) is 177 cm³/mol. The first-order valence-corrected chi connectivity index (χ1v) is 16.0. The summed E-state index contributed by atoms with van der Waals surface area (Å²) in [6.45, 7) is 2.03. The molecule has 0 saturated heterocycles. The molecule has 3 aromatic rings. The predicted octanol–water partition coefficient (Wildman–Crippen LogP) is 0.676. The number of hydrogen-bond acceptors (Lipinski definition) is 11. The lowest BCUT2D eigenvalue weighted by Gasteiger charge is -2.24. The van der Waals surface area contributed by atoms with Gasteiger partial charge in [-0.05, 0) is 56.0 Å². The number of anilines is 1. The van der Waals surface area contributed by atoms with Gasteiger partial charge in [0.05, 0.1) is 20.8 Å². The molecule has 3 rings (SSSR count). The monoisotopic (exact) mass is 716 g/mol. The standard InChI is InChI=1S/C31H36N6O12S/c1-15-32-18-4-3-16(13-17(18)27(44)33-15)14-37(2)23-9-8-22(50-23)30(47)35-20(6-11-25(40)41)28(45)34-19(5-10-24(38)39)29(46)36-21(31(48)49)7-12-26(42)43/h3-4,8-9,13,19-21H,5-7,10-12,14H2,1-2H3,(H,34,45)(H,35,47)(H,36,46)(H,38,39)(H,40,41)(H,42,43)(H,48,49)(H,32,33,44)/t19-,20-,21-/m0/s1. The minimum atomic E-state index is -1.67. The molecule has 19 heteroatoms. The molecule has 3 atom stereocenters. The summed E-state index contributed by atoms with van der Waals surface area (Å²) in [5.41, 5.74) is 1.06. The van der Waals surface area contributed by atoms with Crippen molar-refractivity contribution in [2.24, 2.45) is 0 Å². The highest BCUT2D eigenvalue weighted by atomic mass is 32.1. The van der Waals surface area contributed by atoms with Gasteiger partial charge in [-0.2, -0.15) is 0 Å². The molecule has 0 radical (unpaired) electrons. The van der Waals surface area contributed by atoms with Crippen LogP contribution < -0.4 is 26.4 Å². The number of aromatic nitrogens is 2. The van der Waals surface area contributed by atoms with Gasteiger partial charge in [0.2, 0.25) is 11.8 Å². The fourth-order valence-electron chi connectivity index (χ4n) is 4.78. The lowest BCUT2D eigenvalue weighted by atomic mass is 10.1. The molecule has 0 aliphatic carbocycles. The van der Waals surface area contributed by atoms with Gasteiger partial charge in [-0.1, -0.05) is 6.07 Å². The fourth-order valence-corrected chi connectivity index (χ4v) is 5.65. The summed E-state index contributed by atoms with van der Waals surface area (Å²) in [6.07, 6.45) is -3.21. The van der Waals surface area contributed by atoms with Crippen molar-refractivity contribution < 1.29 is 54.0 Å². The highest BCUT2D eigenvalue weighted by Gasteiger charge is 2.31. The molecule has 0 spiro atoms. The summed E-state index contributed by atoms with van der Waals surface area (Å²) < 4.78 is 0. The number of carboxylic acids is 4. The zero-order chi connectivity index (χ0) is 37.1. The van der Waals surface area contributed by atoms with Crippen molar-refractivity contribution in [2.45, 2.75) is 70.1 Å². The number of aromatic amines is 1. The average Bonchev–Trinajstić information content (AvgIpc) is 3.53. The second-order valence-electron chi connectivity index (χ2n) is 11.3. The van der Waals surface area contributed by atoms with E-state index in [1.54, 1.807) is 32.2 Å². The van der Waals surface area contributed by atoms with E-state index >= 15 is 0 Å². The number of aliphatic carboxylic acids is 4. The second kappa shape index (κ2) is 17.5. The molecule has 268 valence electrons. The number of carbonyl (C=O) groups is 7. The Morgan fingerprint density at radius 3 is 1.90 bits per heavy atom. The van der Waals surface area contributed by atoms with E-state index in [4.69, 9.17) is 10.2 Å². The number of H-pyrrole nitrogens is 1. The number of rotatable bonds is 19. The molecule has 0 unspecified atom stereocenters. The molecule has 3 amide bonds. The van der Waals surface area contributed by atoms with Crippen LogP contribution in [0.15, 0.2) is 35.1 Å². The van der Waals surface area contributed by atoms with Gasteiger partial charge >= 0.3 is 23.9 Å². The summed E-state index contributed by atoms with van der Waals surface area (Å²) in [4.78, 5) is 106. The van der Waals surface area contributed by atoms with E-state index in [1.807, 2.05) is 11.0 Å². The molecule has 0 bridgehead atoms. The Kier molecular flexibility index (Phi) is 13.5. The average molecular weight is 717 g/mol. The number of aryl methyl sites for hydroxylation is 1. The number of hydrogen-bond donors (Lipinski definition) is 8. The molecular formula is C31H36N6O12S. The van der Waals surface area contributed by atoms with E-state index in [1.165, 1.54) is 6.07 Å². The lowest BCUT2D eigenvalue weighted by molar-refractivity contribution is -0.144. The van der Waals surface area contributed by atoms with Gasteiger partial charge in [-0.3, -0.25) is 33.6 Å². The zero-order valence-electron chi connectivity index (χ0n) is 26.9. The quantitative estimate of drug-likeness (QED) is 0.0847. The largest absolute Gasteiger partial charge is 0.481 e. The number of amides is 3. The van der Waals surface area contributed by atoms with Crippen LogP contribution in [-0.2, 0) is 35.3 Å². The minimum absolute atomic E-state index is 0.150. The van der Waals surface area contributed by atoms with Crippen LogP contribution >= 0.6 is 11.3 Å². The Morgan fingerprint density at radius 1 is 0.800 bits per heavy atom. The molecule has 50 heavy (non-hydrogen) atoms. The van der Waals surface area contributed by atoms with Crippen LogP contribution in [0.1, 0.15) is 59.6 Å². The lowest BCUT2D eigenvalue weighted by Crippen LogP contribution is -2.56. The van der Waals surface area contributed by atoms with Gasteiger partial charge < -0.3 is 46.3 Å². The van der Waals surface area contributed by atoms with Crippen molar-refractivity contribution in [3.05, 3.63) is 57.0 Å². The van der Waals surface area contributed by atoms with Gasteiger partial charge in [0.1, 0.15) is 23.9 Å². The van der Waals surface area contributed by atoms with Crippen LogP contribution in [-0.4, -0.2) is 97.2 Å². The maximum Gasteiger partial charge on any atom is 0.326 e. The van der Waals surface area contributed by atoms with Crippen LogP contribution in [0.3, 0.4) is 0 Å². The van der Waals surface area contributed by atoms with Gasteiger partial charge in [0.25, 0.3) is 11.5 Å². The molecule has 8 N–H and O–H groups in total. The van der Waals surface area contributed by atoms with Crippen molar-refractivity contribution in [3.8, 4) is 0 Å². The van der Waals surface area contributed by atoms with Crippen LogP contribution in [0.25, 0.3) is 10.9 Å². The highest BCUT2D eigenvalue weighted by molar-refractivity contribution is 7.18.